The highest BCUT2D eigenvalue weighted by Crippen LogP contribution is 2.49. The van der Waals surface area contributed by atoms with E-state index in [9.17, 15) is 0 Å². The molecular weight excluding hydrogens is 813 g/mol. The number of para-hydroxylation sites is 5. The summed E-state index contributed by atoms with van der Waals surface area (Å²) in [7, 11) is 0. The minimum atomic E-state index is 0.895. The summed E-state index contributed by atoms with van der Waals surface area (Å²) in [6.45, 7) is 0. The van der Waals surface area contributed by atoms with E-state index >= 15 is 0 Å². The van der Waals surface area contributed by atoms with Gasteiger partial charge in [-0.25, -0.2) is 0 Å². The van der Waals surface area contributed by atoms with E-state index in [4.69, 9.17) is 4.42 Å². The van der Waals surface area contributed by atoms with Crippen molar-refractivity contribution in [1.29, 1.82) is 0 Å². The van der Waals surface area contributed by atoms with Crippen molar-refractivity contribution in [3.05, 3.63) is 255 Å². The van der Waals surface area contributed by atoms with Gasteiger partial charge in [0.25, 0.3) is 0 Å². The molecule has 0 radical (unpaired) electrons. The predicted molar refractivity (Wildman–Crippen MR) is 282 cm³/mol. The Morgan fingerprint density at radius 2 is 0.851 bits per heavy atom. The number of anilines is 3. The van der Waals surface area contributed by atoms with Crippen LogP contribution in [0.1, 0.15) is 0 Å². The number of nitrogens with zero attached hydrogens (tertiary/aromatic N) is 2. The third-order valence-corrected chi connectivity index (χ3v) is 13.4. The molecule has 0 bridgehead atoms. The maximum absolute atomic E-state index is 6.21. The molecule has 0 amide bonds. The molecule has 314 valence electrons. The third kappa shape index (κ3) is 6.43. The maximum Gasteiger partial charge on any atom is 0.135 e. The number of benzene rings is 11. The molecule has 0 fully saturated rings. The highest BCUT2D eigenvalue weighted by atomic mass is 16.3. The lowest BCUT2D eigenvalue weighted by Crippen LogP contribution is -2.12. The van der Waals surface area contributed by atoms with Gasteiger partial charge in [0.2, 0.25) is 0 Å². The van der Waals surface area contributed by atoms with Gasteiger partial charge in [-0.1, -0.05) is 188 Å². The lowest BCUT2D eigenvalue weighted by Gasteiger charge is -2.30. The van der Waals surface area contributed by atoms with Gasteiger partial charge in [0.1, 0.15) is 11.2 Å². The molecule has 13 aromatic rings. The SMILES string of the molecule is c1ccc(-c2cccc3cccc(-c4ccccc4N(c4ccc(-c5ccc6oc7ccccc7c6c5)cc4)c4ccccc4-c4cccc5c4c4ccccc4n5-c4ccccc4)c23)cc1. The van der Waals surface area contributed by atoms with Crippen molar-refractivity contribution in [2.75, 3.05) is 4.90 Å². The fourth-order valence-electron chi connectivity index (χ4n) is 10.4. The van der Waals surface area contributed by atoms with Crippen molar-refractivity contribution in [2.45, 2.75) is 0 Å². The highest BCUT2D eigenvalue weighted by molar-refractivity contribution is 6.17. The fraction of sp³-hybridized carbons (Fsp3) is 0. The summed E-state index contributed by atoms with van der Waals surface area (Å²) in [5.74, 6) is 0. The van der Waals surface area contributed by atoms with E-state index in [1.807, 2.05) is 12.1 Å². The molecule has 3 nitrogen and oxygen atoms in total. The fourth-order valence-corrected chi connectivity index (χ4v) is 10.4. The first-order chi connectivity index (χ1) is 33.3. The molecule has 3 heteroatoms. The summed E-state index contributed by atoms with van der Waals surface area (Å²) in [6.07, 6.45) is 0. The van der Waals surface area contributed by atoms with Crippen molar-refractivity contribution in [3.63, 3.8) is 0 Å². The average molecular weight is 855 g/mol. The summed E-state index contributed by atoms with van der Waals surface area (Å²) in [5.41, 5.74) is 17.8. The smallest absolute Gasteiger partial charge is 0.135 e. The van der Waals surface area contributed by atoms with Crippen LogP contribution in [-0.2, 0) is 0 Å². The highest BCUT2D eigenvalue weighted by Gasteiger charge is 2.24. The summed E-state index contributed by atoms with van der Waals surface area (Å²) in [5, 5.41) is 7.12. The number of hydrogen-bond donors (Lipinski definition) is 0. The molecule has 2 heterocycles. The molecule has 0 saturated carbocycles. The van der Waals surface area contributed by atoms with E-state index in [0.717, 1.165) is 66.9 Å². The van der Waals surface area contributed by atoms with Crippen LogP contribution in [0.15, 0.2) is 259 Å². The van der Waals surface area contributed by atoms with Crippen LogP contribution in [0.25, 0.3) is 105 Å². The minimum Gasteiger partial charge on any atom is -0.456 e. The molecule has 0 saturated heterocycles. The number of aromatic nitrogens is 1. The lowest BCUT2D eigenvalue weighted by atomic mass is 9.90. The Hall–Kier alpha value is -8.92. The molecule has 0 aliphatic rings. The van der Waals surface area contributed by atoms with Crippen molar-refractivity contribution < 1.29 is 4.42 Å². The van der Waals surface area contributed by atoms with Gasteiger partial charge in [-0.2, -0.15) is 0 Å². The van der Waals surface area contributed by atoms with Gasteiger partial charge in [-0.3, -0.25) is 0 Å². The quantitative estimate of drug-likeness (QED) is 0.152. The van der Waals surface area contributed by atoms with E-state index in [0.29, 0.717) is 0 Å². The second-order valence-electron chi connectivity index (χ2n) is 17.2. The Morgan fingerprint density at radius 1 is 0.313 bits per heavy atom. The van der Waals surface area contributed by atoms with Crippen LogP contribution in [-0.4, -0.2) is 4.57 Å². The third-order valence-electron chi connectivity index (χ3n) is 13.4. The molecule has 0 aliphatic heterocycles. The van der Waals surface area contributed by atoms with Crippen LogP contribution in [0, 0.1) is 0 Å². The van der Waals surface area contributed by atoms with Gasteiger partial charge in [0.05, 0.1) is 22.4 Å². The van der Waals surface area contributed by atoms with Gasteiger partial charge in [0.15, 0.2) is 0 Å². The minimum absolute atomic E-state index is 0.895. The van der Waals surface area contributed by atoms with Crippen molar-refractivity contribution in [1.82, 2.24) is 4.57 Å². The molecule has 13 rings (SSSR count). The van der Waals surface area contributed by atoms with Crippen LogP contribution in [0.2, 0.25) is 0 Å². The van der Waals surface area contributed by atoms with E-state index in [-0.39, 0.29) is 0 Å². The molecule has 0 spiro atoms. The van der Waals surface area contributed by atoms with Crippen molar-refractivity contribution >= 4 is 71.6 Å². The van der Waals surface area contributed by atoms with E-state index in [1.165, 1.54) is 54.8 Å². The van der Waals surface area contributed by atoms with Crippen molar-refractivity contribution in [3.8, 4) is 50.2 Å². The monoisotopic (exact) mass is 854 g/mol. The number of rotatable bonds is 8. The topological polar surface area (TPSA) is 21.3 Å². The summed E-state index contributed by atoms with van der Waals surface area (Å²) < 4.78 is 8.61. The lowest BCUT2D eigenvalue weighted by molar-refractivity contribution is 0.669. The molecule has 0 N–H and O–H groups in total. The average Bonchev–Trinajstić information content (AvgIpc) is 3.95. The predicted octanol–water partition coefficient (Wildman–Crippen LogP) is 18.0. The van der Waals surface area contributed by atoms with Crippen LogP contribution < -0.4 is 4.90 Å². The van der Waals surface area contributed by atoms with Gasteiger partial charge in [-0.05, 0) is 111 Å². The van der Waals surface area contributed by atoms with Crippen molar-refractivity contribution in [2.24, 2.45) is 0 Å². The Kier molecular flexibility index (Phi) is 9.17. The first kappa shape index (κ1) is 38.5. The molecule has 67 heavy (non-hydrogen) atoms. The van der Waals surface area contributed by atoms with E-state index < -0.39 is 0 Å². The normalized spacial score (nSPS) is 11.6. The second kappa shape index (κ2) is 16.0. The van der Waals surface area contributed by atoms with E-state index in [1.54, 1.807) is 0 Å². The van der Waals surface area contributed by atoms with Crippen LogP contribution in [0.3, 0.4) is 0 Å². The van der Waals surface area contributed by atoms with Crippen LogP contribution in [0.4, 0.5) is 17.1 Å². The summed E-state index contributed by atoms with van der Waals surface area (Å²) in [4.78, 5) is 2.47. The molecule has 0 aliphatic carbocycles. The molecule has 0 atom stereocenters. The van der Waals surface area contributed by atoms with E-state index in [2.05, 4.69) is 252 Å². The zero-order chi connectivity index (χ0) is 44.3. The summed E-state index contributed by atoms with van der Waals surface area (Å²) >= 11 is 0. The number of fused-ring (bicyclic) bond motifs is 7. The Labute approximate surface area is 388 Å². The Balaban J connectivity index is 1.05. The number of hydrogen-bond acceptors (Lipinski definition) is 2. The van der Waals surface area contributed by atoms with Gasteiger partial charge in [-0.15, -0.1) is 0 Å². The molecular formula is C64H42N2O. The van der Waals surface area contributed by atoms with Crippen LogP contribution in [0.5, 0.6) is 0 Å². The standard InChI is InChI=1S/C64H42N2O/c1-3-18-44(19-4-1)49-28-15-20-45-21-16-29-53(63(45)49)50-24-7-11-31-57(50)65(48-39-36-43(37-40-48)46-38-41-62-56(42-46)52-26-10-14-35-61(52)67-62)58-32-12-8-25-51(58)54-30-17-34-60-64(54)55-27-9-13-33-59(55)66(60)47-22-5-2-6-23-47/h1-42H. The first-order valence-corrected chi connectivity index (χ1v) is 22.9. The Morgan fingerprint density at radius 3 is 1.60 bits per heavy atom. The number of furan rings is 1. The molecule has 0 unspecified atom stereocenters. The Bertz CT molecular complexity index is 3970. The zero-order valence-corrected chi connectivity index (χ0v) is 36.6. The van der Waals surface area contributed by atoms with Gasteiger partial charge < -0.3 is 13.9 Å². The zero-order valence-electron chi connectivity index (χ0n) is 36.6. The molecule has 11 aromatic carbocycles. The first-order valence-electron chi connectivity index (χ1n) is 22.9. The largest absolute Gasteiger partial charge is 0.456 e. The maximum atomic E-state index is 6.21. The van der Waals surface area contributed by atoms with Gasteiger partial charge in [0, 0.05) is 44.0 Å². The summed E-state index contributed by atoms with van der Waals surface area (Å²) in [6, 6.07) is 92.1. The molecule has 2 aromatic heterocycles. The van der Waals surface area contributed by atoms with Gasteiger partial charge >= 0.3 is 0 Å². The second-order valence-corrected chi connectivity index (χ2v) is 17.2. The van der Waals surface area contributed by atoms with Crippen LogP contribution >= 0.6 is 0 Å².